The third kappa shape index (κ3) is 3.75. The Bertz CT molecular complexity index is 972. The normalized spacial score (nSPS) is 10.9. The van der Waals surface area contributed by atoms with Crippen LogP contribution in [0, 0.1) is 13.8 Å². The van der Waals surface area contributed by atoms with E-state index in [0.29, 0.717) is 17.1 Å². The van der Waals surface area contributed by atoms with Crippen molar-refractivity contribution < 1.29 is 9.32 Å². The molecule has 3 aromatic rings. The van der Waals surface area contributed by atoms with E-state index in [2.05, 4.69) is 10.5 Å². The number of amides is 1. The molecule has 0 radical (unpaired) electrons. The van der Waals surface area contributed by atoms with Crippen LogP contribution in [-0.2, 0) is 17.6 Å². The smallest absolute Gasteiger partial charge is 0.295 e. The Labute approximate surface area is 155 Å². The first-order valence-electron chi connectivity index (χ1n) is 8.11. The Kier molecular flexibility index (Phi) is 5.32. The van der Waals surface area contributed by atoms with Crippen LogP contribution in [0.2, 0.25) is 0 Å². The molecule has 0 saturated heterocycles. The van der Waals surface area contributed by atoms with Crippen LogP contribution in [0.3, 0.4) is 0 Å². The largest absolute Gasteiger partial charge is 0.361 e. The van der Waals surface area contributed by atoms with Gasteiger partial charge >= 0.3 is 0 Å². The molecule has 1 aromatic carbocycles. The molecule has 1 amide bonds. The zero-order valence-corrected chi connectivity index (χ0v) is 15.7. The van der Waals surface area contributed by atoms with Crippen molar-refractivity contribution in [2.75, 3.05) is 11.1 Å². The molecule has 26 heavy (non-hydrogen) atoms. The van der Waals surface area contributed by atoms with E-state index in [1.165, 1.54) is 16.4 Å². The highest BCUT2D eigenvalue weighted by molar-refractivity contribution is 7.99. The summed E-state index contributed by atoms with van der Waals surface area (Å²) in [6.07, 6.45) is 0. The molecule has 0 aliphatic rings. The number of hydrogen-bond acceptors (Lipinski definition) is 5. The molecule has 2 heterocycles. The number of para-hydroxylation sites is 1. The lowest BCUT2D eigenvalue weighted by atomic mass is 10.3. The van der Waals surface area contributed by atoms with Gasteiger partial charge in [0.2, 0.25) is 5.91 Å². The van der Waals surface area contributed by atoms with Crippen LogP contribution in [-0.4, -0.2) is 26.2 Å². The van der Waals surface area contributed by atoms with Crippen molar-refractivity contribution >= 4 is 23.4 Å². The zero-order valence-electron chi connectivity index (χ0n) is 14.9. The van der Waals surface area contributed by atoms with Crippen LogP contribution in [0.25, 0.3) is 5.69 Å². The molecule has 8 heteroatoms. The first-order valence-corrected chi connectivity index (χ1v) is 9.26. The highest BCUT2D eigenvalue weighted by Gasteiger charge is 2.18. The minimum atomic E-state index is -0.248. The number of nitrogens with one attached hydrogen (secondary N) is 1. The molecular formula is C18H20N4O3S. The van der Waals surface area contributed by atoms with Crippen LogP contribution >= 0.6 is 11.8 Å². The Balaban J connectivity index is 1.69. The summed E-state index contributed by atoms with van der Waals surface area (Å²) in [7, 11) is 1.79. The number of hydrogen-bond donors (Lipinski definition) is 1. The van der Waals surface area contributed by atoms with Gasteiger partial charge in [-0.25, -0.2) is 4.68 Å². The summed E-state index contributed by atoms with van der Waals surface area (Å²) in [6, 6.07) is 11.2. The molecule has 1 N–H and O–H groups in total. The van der Waals surface area contributed by atoms with Gasteiger partial charge in [0.05, 0.1) is 22.8 Å². The monoisotopic (exact) mass is 372 g/mol. The summed E-state index contributed by atoms with van der Waals surface area (Å²) >= 11 is 1.42. The van der Waals surface area contributed by atoms with Gasteiger partial charge in [0.15, 0.2) is 0 Å². The van der Waals surface area contributed by atoms with E-state index in [1.807, 2.05) is 50.2 Å². The van der Waals surface area contributed by atoms with Crippen LogP contribution in [0.15, 0.2) is 45.7 Å². The summed E-state index contributed by atoms with van der Waals surface area (Å²) in [5.41, 5.74) is 2.30. The second-order valence-corrected chi connectivity index (χ2v) is 6.89. The zero-order chi connectivity index (χ0) is 18.7. The van der Waals surface area contributed by atoms with Crippen molar-refractivity contribution in [2.24, 2.45) is 7.05 Å². The summed E-state index contributed by atoms with van der Waals surface area (Å²) < 4.78 is 8.27. The maximum Gasteiger partial charge on any atom is 0.295 e. The van der Waals surface area contributed by atoms with Gasteiger partial charge in [-0.15, -0.1) is 11.8 Å². The van der Waals surface area contributed by atoms with Crippen molar-refractivity contribution in [3.63, 3.8) is 0 Å². The van der Waals surface area contributed by atoms with Crippen LogP contribution in [0.1, 0.15) is 17.1 Å². The SMILES string of the molecule is Cc1cc(CSCC(=O)Nc2c(C)n(C)n(-c3ccccc3)c2=O)no1. The fourth-order valence-electron chi connectivity index (χ4n) is 2.62. The third-order valence-electron chi connectivity index (χ3n) is 3.98. The average Bonchev–Trinajstić information content (AvgIpc) is 3.13. The highest BCUT2D eigenvalue weighted by Crippen LogP contribution is 2.16. The fourth-order valence-corrected chi connectivity index (χ4v) is 3.33. The molecule has 136 valence electrons. The maximum atomic E-state index is 12.7. The number of carbonyl (C=O) groups is 1. The van der Waals surface area contributed by atoms with Crippen LogP contribution in [0.4, 0.5) is 5.69 Å². The van der Waals surface area contributed by atoms with E-state index >= 15 is 0 Å². The molecule has 0 spiro atoms. The summed E-state index contributed by atoms with van der Waals surface area (Å²) in [6.45, 7) is 3.63. The van der Waals surface area contributed by atoms with Gasteiger partial charge in [-0.1, -0.05) is 23.4 Å². The number of thioether (sulfide) groups is 1. The van der Waals surface area contributed by atoms with Gasteiger partial charge < -0.3 is 9.84 Å². The molecule has 0 fully saturated rings. The highest BCUT2D eigenvalue weighted by atomic mass is 32.2. The average molecular weight is 372 g/mol. The van der Waals surface area contributed by atoms with Gasteiger partial charge in [-0.05, 0) is 26.0 Å². The number of benzene rings is 1. The lowest BCUT2D eigenvalue weighted by Crippen LogP contribution is -2.23. The van der Waals surface area contributed by atoms with E-state index in [9.17, 15) is 9.59 Å². The third-order valence-corrected chi connectivity index (χ3v) is 4.94. The predicted molar refractivity (Wildman–Crippen MR) is 102 cm³/mol. The van der Waals surface area contributed by atoms with E-state index in [0.717, 1.165) is 17.1 Å². The number of anilines is 1. The minimum Gasteiger partial charge on any atom is -0.361 e. The van der Waals surface area contributed by atoms with Crippen molar-refractivity contribution in [2.45, 2.75) is 19.6 Å². The Hall–Kier alpha value is -2.74. The van der Waals surface area contributed by atoms with Gasteiger partial charge in [-0.2, -0.15) is 0 Å². The summed E-state index contributed by atoms with van der Waals surface area (Å²) in [5, 5.41) is 6.63. The standard InChI is InChI=1S/C18H20N4O3S/c1-12-9-14(20-25-12)10-26-11-16(23)19-17-13(2)21(3)22(18(17)24)15-7-5-4-6-8-15/h4-9H,10-11H2,1-3H3,(H,19,23). The number of aromatic nitrogens is 3. The number of nitrogens with zero attached hydrogens (tertiary/aromatic N) is 3. The first kappa shape index (κ1) is 18.1. The number of carbonyl (C=O) groups excluding carboxylic acids is 1. The van der Waals surface area contributed by atoms with Crippen LogP contribution in [0.5, 0.6) is 0 Å². The van der Waals surface area contributed by atoms with Crippen molar-refractivity contribution in [1.82, 2.24) is 14.5 Å². The van der Waals surface area contributed by atoms with Gasteiger partial charge in [0.25, 0.3) is 5.56 Å². The van der Waals surface area contributed by atoms with Crippen LogP contribution < -0.4 is 10.9 Å². The van der Waals surface area contributed by atoms with E-state index in [-0.39, 0.29) is 17.2 Å². The lowest BCUT2D eigenvalue weighted by molar-refractivity contribution is -0.113. The second kappa shape index (κ2) is 7.65. The summed E-state index contributed by atoms with van der Waals surface area (Å²) in [4.78, 5) is 25.0. The molecule has 2 aromatic heterocycles. The predicted octanol–water partition coefficient (Wildman–Crippen LogP) is 2.65. The van der Waals surface area contributed by atoms with E-state index in [1.54, 1.807) is 11.7 Å². The van der Waals surface area contributed by atoms with Gasteiger partial charge in [-0.3, -0.25) is 14.3 Å². The van der Waals surface area contributed by atoms with E-state index in [4.69, 9.17) is 4.52 Å². The quantitative estimate of drug-likeness (QED) is 0.719. The van der Waals surface area contributed by atoms with Crippen molar-refractivity contribution in [1.29, 1.82) is 0 Å². The maximum absolute atomic E-state index is 12.7. The lowest BCUT2D eigenvalue weighted by Gasteiger charge is -2.07. The minimum absolute atomic E-state index is 0.221. The molecule has 3 rings (SSSR count). The molecule has 7 nitrogen and oxygen atoms in total. The Morgan fingerprint density at radius 2 is 2.00 bits per heavy atom. The summed E-state index contributed by atoms with van der Waals surface area (Å²) in [5.74, 6) is 1.32. The number of rotatable bonds is 6. The second-order valence-electron chi connectivity index (χ2n) is 5.91. The topological polar surface area (TPSA) is 82.1 Å². The first-order chi connectivity index (χ1) is 12.5. The van der Waals surface area contributed by atoms with Crippen molar-refractivity contribution in [3.8, 4) is 5.69 Å². The fraction of sp³-hybridized carbons (Fsp3) is 0.278. The Morgan fingerprint density at radius 1 is 1.27 bits per heavy atom. The Morgan fingerprint density at radius 3 is 2.65 bits per heavy atom. The van der Waals surface area contributed by atoms with Gasteiger partial charge in [0, 0.05) is 18.9 Å². The molecule has 0 atom stereocenters. The molecule has 0 bridgehead atoms. The number of aryl methyl sites for hydroxylation is 1. The molecule has 0 aliphatic heterocycles. The van der Waals surface area contributed by atoms with Gasteiger partial charge in [0.1, 0.15) is 11.4 Å². The molecule has 0 saturated carbocycles. The molecular weight excluding hydrogens is 352 g/mol. The van der Waals surface area contributed by atoms with E-state index < -0.39 is 0 Å². The molecule has 0 aliphatic carbocycles. The molecule has 0 unspecified atom stereocenters. The van der Waals surface area contributed by atoms with Crippen molar-refractivity contribution in [3.05, 3.63) is 63.9 Å².